The molecular formula is C16H19N5O3. The number of rotatable bonds is 1. The van der Waals surface area contributed by atoms with Crippen molar-refractivity contribution in [2.75, 3.05) is 5.73 Å². The van der Waals surface area contributed by atoms with Gasteiger partial charge in [0.2, 0.25) is 0 Å². The van der Waals surface area contributed by atoms with Crippen molar-refractivity contribution in [2.45, 2.75) is 56.5 Å². The van der Waals surface area contributed by atoms with Crippen LogP contribution >= 0.6 is 0 Å². The summed E-state index contributed by atoms with van der Waals surface area (Å²) in [6.45, 7) is 7.90. The zero-order valence-electron chi connectivity index (χ0n) is 13.6. The summed E-state index contributed by atoms with van der Waals surface area (Å²) < 4.78 is 20.6. The van der Waals surface area contributed by atoms with Gasteiger partial charge in [0.15, 0.2) is 23.5 Å². The lowest BCUT2D eigenvalue weighted by atomic mass is 9.72. The van der Waals surface area contributed by atoms with Crippen LogP contribution in [-0.2, 0) is 14.2 Å². The van der Waals surface area contributed by atoms with Crippen LogP contribution in [0.3, 0.4) is 0 Å². The third kappa shape index (κ3) is 1.76. The molecule has 8 nitrogen and oxygen atoms in total. The van der Waals surface area contributed by atoms with Crippen LogP contribution in [-0.4, -0.2) is 43.1 Å². The van der Waals surface area contributed by atoms with E-state index in [-0.39, 0.29) is 24.0 Å². The average molecular weight is 329 g/mol. The molecule has 3 fully saturated rings. The average Bonchev–Trinajstić information content (AvgIpc) is 3.11. The molecule has 126 valence electrons. The first-order valence-corrected chi connectivity index (χ1v) is 8.02. The molecule has 2 aromatic heterocycles. The van der Waals surface area contributed by atoms with Crippen LogP contribution in [0.5, 0.6) is 0 Å². The Morgan fingerprint density at radius 2 is 2.00 bits per heavy atom. The van der Waals surface area contributed by atoms with E-state index in [0.29, 0.717) is 17.0 Å². The number of hydrogen-bond acceptors (Lipinski definition) is 7. The highest BCUT2D eigenvalue weighted by molar-refractivity contribution is 5.81. The maximum atomic E-state index is 6.42. The van der Waals surface area contributed by atoms with Crippen LogP contribution in [0.1, 0.15) is 32.9 Å². The van der Waals surface area contributed by atoms with Gasteiger partial charge in [-0.2, -0.15) is 0 Å². The van der Waals surface area contributed by atoms with Crippen LogP contribution in [0.25, 0.3) is 11.2 Å². The van der Waals surface area contributed by atoms with Gasteiger partial charge in [-0.05, 0) is 13.8 Å². The minimum absolute atomic E-state index is 0.139. The highest BCUT2D eigenvalue weighted by atomic mass is 16.8. The van der Waals surface area contributed by atoms with E-state index in [1.165, 1.54) is 11.9 Å². The van der Waals surface area contributed by atoms with E-state index >= 15 is 0 Å². The molecular weight excluding hydrogens is 310 g/mol. The molecule has 3 aliphatic rings. The number of hydrogen-bond donors (Lipinski definition) is 1. The van der Waals surface area contributed by atoms with Gasteiger partial charge in [-0.3, -0.25) is 4.57 Å². The normalized spacial score (nSPS) is 33.1. The third-order valence-electron chi connectivity index (χ3n) is 5.04. The van der Waals surface area contributed by atoms with Gasteiger partial charge in [-0.25, -0.2) is 15.0 Å². The minimum atomic E-state index is -0.647. The SMILES string of the molecule is C=C1CC2(C1)O[C@@H](n1cnc3c(N)ncnc31)[C@@H]1OC(C)(C)O[C@@H]12. The maximum absolute atomic E-state index is 6.42. The third-order valence-corrected chi connectivity index (χ3v) is 5.04. The first-order chi connectivity index (χ1) is 11.4. The Morgan fingerprint density at radius 3 is 2.75 bits per heavy atom. The smallest absolute Gasteiger partial charge is 0.167 e. The summed E-state index contributed by atoms with van der Waals surface area (Å²) in [4.78, 5) is 12.6. The minimum Gasteiger partial charge on any atom is -0.382 e. The second-order valence-corrected chi connectivity index (χ2v) is 7.28. The molecule has 4 heterocycles. The van der Waals surface area contributed by atoms with Crippen molar-refractivity contribution in [3.8, 4) is 0 Å². The number of ether oxygens (including phenoxy) is 3. The van der Waals surface area contributed by atoms with Crippen molar-refractivity contribution in [1.82, 2.24) is 19.5 Å². The molecule has 1 aliphatic carbocycles. The van der Waals surface area contributed by atoms with Gasteiger partial charge in [0, 0.05) is 12.8 Å². The Hall–Kier alpha value is -2.03. The van der Waals surface area contributed by atoms with Gasteiger partial charge in [-0.1, -0.05) is 12.2 Å². The summed E-state index contributed by atoms with van der Waals surface area (Å²) in [5, 5.41) is 0. The molecule has 1 spiro atoms. The van der Waals surface area contributed by atoms with Crippen molar-refractivity contribution in [2.24, 2.45) is 0 Å². The molecule has 2 aliphatic heterocycles. The largest absolute Gasteiger partial charge is 0.382 e. The predicted molar refractivity (Wildman–Crippen MR) is 84.8 cm³/mol. The lowest BCUT2D eigenvalue weighted by Gasteiger charge is -2.43. The van der Waals surface area contributed by atoms with Gasteiger partial charge >= 0.3 is 0 Å². The number of anilines is 1. The first-order valence-electron chi connectivity index (χ1n) is 8.02. The van der Waals surface area contributed by atoms with Crippen molar-refractivity contribution in [3.05, 3.63) is 24.8 Å². The van der Waals surface area contributed by atoms with Crippen LogP contribution in [0.4, 0.5) is 5.82 Å². The van der Waals surface area contributed by atoms with E-state index in [1.54, 1.807) is 6.33 Å². The molecule has 2 saturated heterocycles. The van der Waals surface area contributed by atoms with Gasteiger partial charge in [-0.15, -0.1) is 0 Å². The molecule has 0 amide bonds. The standard InChI is InChI=1S/C16H19N5O3/c1-8-4-16(5-8)11-10(22-15(2,3)23-11)14(24-16)21-7-20-9-12(17)18-6-19-13(9)21/h6-7,10-11,14H,1,4-5H2,2-3H3,(H2,17,18,19)/t10-,11+,14-/m1/s1. The topological polar surface area (TPSA) is 97.3 Å². The fraction of sp³-hybridized carbons (Fsp3) is 0.562. The predicted octanol–water partition coefficient (Wildman–Crippen LogP) is 1.55. The molecule has 2 N–H and O–H groups in total. The fourth-order valence-corrected chi connectivity index (χ4v) is 4.13. The summed E-state index contributed by atoms with van der Waals surface area (Å²) in [6, 6.07) is 0. The summed E-state index contributed by atoms with van der Waals surface area (Å²) >= 11 is 0. The van der Waals surface area contributed by atoms with E-state index < -0.39 is 5.79 Å². The summed E-state index contributed by atoms with van der Waals surface area (Å²) in [5.74, 6) is -0.296. The van der Waals surface area contributed by atoms with E-state index in [0.717, 1.165) is 12.8 Å². The maximum Gasteiger partial charge on any atom is 0.167 e. The fourth-order valence-electron chi connectivity index (χ4n) is 4.13. The molecule has 8 heteroatoms. The number of imidazole rings is 1. The number of nitrogens with zero attached hydrogens (tertiary/aromatic N) is 4. The Balaban J connectivity index is 1.60. The van der Waals surface area contributed by atoms with Crippen LogP contribution in [0.15, 0.2) is 24.8 Å². The van der Waals surface area contributed by atoms with Gasteiger partial charge in [0.05, 0.1) is 6.33 Å². The number of nitrogen functional groups attached to an aromatic ring is 1. The Morgan fingerprint density at radius 1 is 1.21 bits per heavy atom. The molecule has 0 aromatic carbocycles. The Labute approximate surface area is 138 Å². The number of aromatic nitrogens is 4. The van der Waals surface area contributed by atoms with Crippen molar-refractivity contribution < 1.29 is 14.2 Å². The van der Waals surface area contributed by atoms with Gasteiger partial charge in [0.25, 0.3) is 0 Å². The number of nitrogens with two attached hydrogens (primary N) is 1. The quantitative estimate of drug-likeness (QED) is 0.793. The van der Waals surface area contributed by atoms with E-state index in [2.05, 4.69) is 21.5 Å². The molecule has 2 aromatic rings. The van der Waals surface area contributed by atoms with Crippen LogP contribution in [0.2, 0.25) is 0 Å². The van der Waals surface area contributed by atoms with E-state index in [9.17, 15) is 0 Å². The van der Waals surface area contributed by atoms with Crippen molar-refractivity contribution in [1.29, 1.82) is 0 Å². The number of fused-ring (bicyclic) bond motifs is 3. The van der Waals surface area contributed by atoms with E-state index in [4.69, 9.17) is 19.9 Å². The second-order valence-electron chi connectivity index (χ2n) is 7.28. The zero-order valence-corrected chi connectivity index (χ0v) is 13.6. The Bertz CT molecular complexity index is 853. The monoisotopic (exact) mass is 329 g/mol. The molecule has 0 unspecified atom stereocenters. The van der Waals surface area contributed by atoms with Crippen LogP contribution in [0, 0.1) is 0 Å². The molecule has 5 rings (SSSR count). The van der Waals surface area contributed by atoms with Crippen LogP contribution < -0.4 is 5.73 Å². The molecule has 0 radical (unpaired) electrons. The van der Waals surface area contributed by atoms with Crippen molar-refractivity contribution in [3.63, 3.8) is 0 Å². The summed E-state index contributed by atoms with van der Waals surface area (Å²) in [6.07, 6.45) is 3.94. The first kappa shape index (κ1) is 14.3. The highest BCUT2D eigenvalue weighted by Gasteiger charge is 2.66. The summed E-state index contributed by atoms with van der Waals surface area (Å²) in [7, 11) is 0. The lowest BCUT2D eigenvalue weighted by Crippen LogP contribution is -2.49. The molecule has 3 atom stereocenters. The Kier molecular flexibility index (Phi) is 2.58. The summed E-state index contributed by atoms with van der Waals surface area (Å²) in [5.41, 5.74) is 7.88. The lowest BCUT2D eigenvalue weighted by molar-refractivity contribution is -0.227. The molecule has 0 bridgehead atoms. The van der Waals surface area contributed by atoms with Crippen molar-refractivity contribution >= 4 is 17.0 Å². The molecule has 24 heavy (non-hydrogen) atoms. The van der Waals surface area contributed by atoms with E-state index in [1.807, 2.05) is 18.4 Å². The molecule has 1 saturated carbocycles. The highest BCUT2D eigenvalue weighted by Crippen LogP contribution is 2.57. The second kappa shape index (κ2) is 4.33. The van der Waals surface area contributed by atoms with Gasteiger partial charge < -0.3 is 19.9 Å². The van der Waals surface area contributed by atoms with Gasteiger partial charge in [0.1, 0.15) is 29.7 Å². The zero-order chi connectivity index (χ0) is 16.7.